The van der Waals surface area contributed by atoms with E-state index < -0.39 is 0 Å². The number of ether oxygens (including phenoxy) is 1. The van der Waals surface area contributed by atoms with E-state index in [1.54, 1.807) is 19.5 Å². The van der Waals surface area contributed by atoms with Crippen LogP contribution in [0.15, 0.2) is 36.7 Å². The fraction of sp³-hybridized carbons (Fsp3) is 0.154. The molecular formula is C13H14N4O. The molecule has 0 unspecified atom stereocenters. The Morgan fingerprint density at radius 1 is 1.22 bits per heavy atom. The van der Waals surface area contributed by atoms with Crippen LogP contribution in [0.2, 0.25) is 0 Å². The molecule has 0 atom stereocenters. The van der Waals surface area contributed by atoms with Crippen molar-refractivity contribution in [3.8, 4) is 5.75 Å². The first-order chi connectivity index (χ1) is 8.70. The third kappa shape index (κ3) is 2.63. The minimum Gasteiger partial charge on any atom is -0.496 e. The summed E-state index contributed by atoms with van der Waals surface area (Å²) in [7, 11) is 1.58. The molecule has 0 aliphatic carbocycles. The van der Waals surface area contributed by atoms with Crippen LogP contribution in [0.1, 0.15) is 11.4 Å². The van der Waals surface area contributed by atoms with Gasteiger partial charge in [0.1, 0.15) is 17.4 Å². The molecule has 2 rings (SSSR count). The van der Waals surface area contributed by atoms with Crippen LogP contribution in [-0.2, 0) is 0 Å². The van der Waals surface area contributed by atoms with Crippen LogP contribution in [0, 0.1) is 12.3 Å². The van der Waals surface area contributed by atoms with Crippen molar-refractivity contribution >= 4 is 11.5 Å². The summed E-state index contributed by atoms with van der Waals surface area (Å²) in [5.41, 5.74) is 1.37. The second-order valence-corrected chi connectivity index (χ2v) is 3.72. The van der Waals surface area contributed by atoms with Gasteiger partial charge < -0.3 is 10.1 Å². The Kier molecular flexibility index (Phi) is 3.52. The van der Waals surface area contributed by atoms with Crippen molar-refractivity contribution in [1.82, 2.24) is 9.97 Å². The monoisotopic (exact) mass is 242 g/mol. The van der Waals surface area contributed by atoms with Crippen molar-refractivity contribution in [2.24, 2.45) is 0 Å². The summed E-state index contributed by atoms with van der Waals surface area (Å²) in [5.74, 6) is 1.60. The molecule has 92 valence electrons. The fourth-order valence-electron chi connectivity index (χ4n) is 1.52. The number of benzene rings is 1. The van der Waals surface area contributed by atoms with E-state index in [0.717, 1.165) is 0 Å². The molecule has 2 aromatic rings. The molecule has 0 aliphatic heterocycles. The lowest BCUT2D eigenvalue weighted by atomic mass is 10.2. The number of aromatic nitrogens is 2. The quantitative estimate of drug-likeness (QED) is 0.639. The molecule has 0 fully saturated rings. The van der Waals surface area contributed by atoms with Crippen molar-refractivity contribution < 1.29 is 4.74 Å². The maximum atomic E-state index is 8.02. The van der Waals surface area contributed by atoms with Crippen LogP contribution in [0.5, 0.6) is 5.75 Å². The van der Waals surface area contributed by atoms with Crippen molar-refractivity contribution in [2.75, 3.05) is 12.4 Å². The first kappa shape index (κ1) is 12.0. The number of nitrogens with zero attached hydrogens (tertiary/aromatic N) is 2. The summed E-state index contributed by atoms with van der Waals surface area (Å²) < 4.78 is 5.21. The molecule has 0 bridgehead atoms. The zero-order chi connectivity index (χ0) is 13.0. The largest absolute Gasteiger partial charge is 0.496 e. The molecule has 1 heterocycles. The minimum absolute atomic E-state index is 0.250. The average molecular weight is 242 g/mol. The number of hydrogen-bond donors (Lipinski definition) is 2. The van der Waals surface area contributed by atoms with E-state index in [2.05, 4.69) is 15.3 Å². The van der Waals surface area contributed by atoms with E-state index >= 15 is 0 Å². The Morgan fingerprint density at radius 3 is 2.56 bits per heavy atom. The van der Waals surface area contributed by atoms with Gasteiger partial charge in [0.2, 0.25) is 0 Å². The first-order valence-electron chi connectivity index (χ1n) is 5.48. The minimum atomic E-state index is 0.250. The van der Waals surface area contributed by atoms with Gasteiger partial charge in [0.05, 0.1) is 30.8 Å². The van der Waals surface area contributed by atoms with Crippen molar-refractivity contribution in [2.45, 2.75) is 6.92 Å². The predicted octanol–water partition coefficient (Wildman–Crippen LogP) is 2.23. The molecule has 0 saturated carbocycles. The third-order valence-electron chi connectivity index (χ3n) is 2.43. The highest BCUT2D eigenvalue weighted by atomic mass is 16.5. The van der Waals surface area contributed by atoms with Crippen LogP contribution in [0.25, 0.3) is 0 Å². The van der Waals surface area contributed by atoms with Gasteiger partial charge in [-0.15, -0.1) is 0 Å². The summed E-state index contributed by atoms with van der Waals surface area (Å²) in [6, 6.07) is 7.37. The SMILES string of the molecule is COc1ccccc1C(=N)Nc1cnc(C)nc1. The van der Waals surface area contributed by atoms with Gasteiger partial charge in [-0.2, -0.15) is 0 Å². The number of amidine groups is 1. The lowest BCUT2D eigenvalue weighted by Crippen LogP contribution is -2.13. The molecule has 1 aromatic carbocycles. The second kappa shape index (κ2) is 5.27. The Balaban J connectivity index is 2.19. The number of methoxy groups -OCH3 is 1. The fourth-order valence-corrected chi connectivity index (χ4v) is 1.52. The van der Waals surface area contributed by atoms with E-state index in [1.807, 2.05) is 31.2 Å². The van der Waals surface area contributed by atoms with E-state index in [1.165, 1.54) is 0 Å². The number of aryl methyl sites for hydroxylation is 1. The number of para-hydroxylation sites is 1. The van der Waals surface area contributed by atoms with Gasteiger partial charge in [-0.25, -0.2) is 9.97 Å². The summed E-state index contributed by atoms with van der Waals surface area (Å²) in [5, 5.41) is 11.0. The summed E-state index contributed by atoms with van der Waals surface area (Å²) in [6.07, 6.45) is 3.29. The molecule has 18 heavy (non-hydrogen) atoms. The Morgan fingerprint density at radius 2 is 1.89 bits per heavy atom. The van der Waals surface area contributed by atoms with E-state index in [4.69, 9.17) is 10.1 Å². The maximum Gasteiger partial charge on any atom is 0.133 e. The number of anilines is 1. The number of nitrogens with one attached hydrogen (secondary N) is 2. The second-order valence-electron chi connectivity index (χ2n) is 3.72. The molecule has 5 heteroatoms. The highest BCUT2D eigenvalue weighted by Crippen LogP contribution is 2.18. The van der Waals surface area contributed by atoms with Crippen LogP contribution in [0.4, 0.5) is 5.69 Å². The number of hydrogen-bond acceptors (Lipinski definition) is 4. The normalized spacial score (nSPS) is 9.89. The molecule has 0 aliphatic rings. The highest BCUT2D eigenvalue weighted by molar-refractivity contribution is 6.07. The molecule has 0 amide bonds. The third-order valence-corrected chi connectivity index (χ3v) is 2.43. The zero-order valence-electron chi connectivity index (χ0n) is 10.3. The van der Waals surface area contributed by atoms with Crippen LogP contribution < -0.4 is 10.1 Å². The van der Waals surface area contributed by atoms with Crippen LogP contribution in [0.3, 0.4) is 0 Å². The topological polar surface area (TPSA) is 70.9 Å². The van der Waals surface area contributed by atoms with E-state index in [9.17, 15) is 0 Å². The van der Waals surface area contributed by atoms with Crippen molar-refractivity contribution in [3.05, 3.63) is 48.0 Å². The van der Waals surface area contributed by atoms with E-state index in [0.29, 0.717) is 22.8 Å². The van der Waals surface area contributed by atoms with Crippen molar-refractivity contribution in [3.63, 3.8) is 0 Å². The van der Waals surface area contributed by atoms with Gasteiger partial charge in [0, 0.05) is 0 Å². The summed E-state index contributed by atoms with van der Waals surface area (Å²) in [6.45, 7) is 1.81. The average Bonchev–Trinajstić information content (AvgIpc) is 2.41. The van der Waals surface area contributed by atoms with Gasteiger partial charge in [0.25, 0.3) is 0 Å². The lowest BCUT2D eigenvalue weighted by Gasteiger charge is -2.11. The summed E-state index contributed by atoms with van der Waals surface area (Å²) >= 11 is 0. The Bertz CT molecular complexity index is 551. The van der Waals surface area contributed by atoms with Gasteiger partial charge >= 0.3 is 0 Å². The maximum absolute atomic E-state index is 8.02. The number of rotatable bonds is 3. The molecule has 2 N–H and O–H groups in total. The van der Waals surface area contributed by atoms with Crippen LogP contribution in [-0.4, -0.2) is 22.9 Å². The van der Waals surface area contributed by atoms with Crippen LogP contribution >= 0.6 is 0 Å². The van der Waals surface area contributed by atoms with Gasteiger partial charge in [0.15, 0.2) is 0 Å². The molecule has 0 spiro atoms. The highest BCUT2D eigenvalue weighted by Gasteiger charge is 2.08. The van der Waals surface area contributed by atoms with Gasteiger partial charge in [-0.1, -0.05) is 12.1 Å². The Hall–Kier alpha value is -2.43. The van der Waals surface area contributed by atoms with E-state index in [-0.39, 0.29) is 5.84 Å². The molecular weight excluding hydrogens is 228 g/mol. The molecule has 0 saturated heterocycles. The lowest BCUT2D eigenvalue weighted by molar-refractivity contribution is 0.414. The first-order valence-corrected chi connectivity index (χ1v) is 5.48. The summed E-state index contributed by atoms with van der Waals surface area (Å²) in [4.78, 5) is 8.13. The smallest absolute Gasteiger partial charge is 0.133 e. The zero-order valence-corrected chi connectivity index (χ0v) is 10.3. The standard InChI is InChI=1S/C13H14N4O/c1-9-15-7-10(8-16-9)17-13(14)11-5-3-4-6-12(11)18-2/h3-8H,1-2H3,(H2,14,17). The predicted molar refractivity (Wildman–Crippen MR) is 70.2 cm³/mol. The van der Waals surface area contributed by atoms with Gasteiger partial charge in [-0.05, 0) is 19.1 Å². The Labute approximate surface area is 105 Å². The molecule has 1 aromatic heterocycles. The van der Waals surface area contributed by atoms with Crippen molar-refractivity contribution in [1.29, 1.82) is 5.41 Å². The molecule has 5 nitrogen and oxygen atoms in total. The van der Waals surface area contributed by atoms with Gasteiger partial charge in [-0.3, -0.25) is 5.41 Å². The molecule has 0 radical (unpaired) electrons.